The van der Waals surface area contributed by atoms with E-state index >= 15 is 0 Å². The van der Waals surface area contributed by atoms with Gasteiger partial charge >= 0.3 is 0 Å². The van der Waals surface area contributed by atoms with Gasteiger partial charge in [-0.05, 0) is 31.9 Å². The zero-order chi connectivity index (χ0) is 19.3. The largest absolute Gasteiger partial charge is 0.290 e. The number of H-pyrrole nitrogens is 1. The lowest BCUT2D eigenvalue weighted by Crippen LogP contribution is -2.20. The maximum Gasteiger partial charge on any atom is 0.280 e. The maximum atomic E-state index is 13.4. The fraction of sp³-hybridized carbons (Fsp3) is 0.333. The average Bonchev–Trinajstić information content (AvgIpc) is 2.89. The molecule has 0 amide bonds. The van der Waals surface area contributed by atoms with Crippen molar-refractivity contribution >= 4 is 5.71 Å². The Kier molecular flexibility index (Phi) is 5.56. The summed E-state index contributed by atoms with van der Waals surface area (Å²) in [5.74, 6) is 0. The Bertz CT molecular complexity index is 991. The predicted molar refractivity (Wildman–Crippen MR) is 116 cm³/mol. The van der Waals surface area contributed by atoms with Crippen LogP contribution in [-0.4, -0.2) is 21.5 Å². The van der Waals surface area contributed by atoms with Crippen molar-refractivity contribution in [2.45, 2.75) is 51.5 Å². The van der Waals surface area contributed by atoms with Crippen molar-refractivity contribution in [3.63, 3.8) is 0 Å². The fourth-order valence-corrected chi connectivity index (χ4v) is 4.07. The number of para-hydroxylation sites is 1. The van der Waals surface area contributed by atoms with Crippen molar-refractivity contribution in [1.29, 1.82) is 0 Å². The molecule has 1 fully saturated rings. The molecule has 1 N–H and O–H groups in total. The molecule has 1 heterocycles. The van der Waals surface area contributed by atoms with Gasteiger partial charge in [-0.3, -0.25) is 14.9 Å². The standard InChI is InChI=1S/C24H27N3O/c1-18(25-20-14-8-2-3-9-15-20)22-23(19-12-6-4-7-13-19)26-27(24(22)28)21-16-10-5-11-17-21/h4-7,10-13,16-17,20,26H,2-3,8-9,14-15H2,1H3. The first-order chi connectivity index (χ1) is 13.7. The summed E-state index contributed by atoms with van der Waals surface area (Å²) in [6.45, 7) is 1.98. The molecular weight excluding hydrogens is 346 g/mol. The Morgan fingerprint density at radius 1 is 0.929 bits per heavy atom. The van der Waals surface area contributed by atoms with E-state index < -0.39 is 0 Å². The van der Waals surface area contributed by atoms with Gasteiger partial charge in [0.1, 0.15) is 0 Å². The van der Waals surface area contributed by atoms with Crippen LogP contribution in [0.3, 0.4) is 0 Å². The summed E-state index contributed by atoms with van der Waals surface area (Å²) in [5, 5.41) is 3.34. The zero-order valence-electron chi connectivity index (χ0n) is 16.4. The Morgan fingerprint density at radius 3 is 2.18 bits per heavy atom. The number of nitrogens with one attached hydrogen (secondary N) is 1. The molecule has 1 saturated carbocycles. The first-order valence-corrected chi connectivity index (χ1v) is 10.2. The van der Waals surface area contributed by atoms with Gasteiger partial charge in [0.25, 0.3) is 5.56 Å². The minimum absolute atomic E-state index is 0.0417. The van der Waals surface area contributed by atoms with Gasteiger partial charge < -0.3 is 0 Å². The van der Waals surface area contributed by atoms with Gasteiger partial charge in [0.15, 0.2) is 0 Å². The van der Waals surface area contributed by atoms with Gasteiger partial charge in [-0.1, -0.05) is 74.2 Å². The topological polar surface area (TPSA) is 50.1 Å². The van der Waals surface area contributed by atoms with E-state index in [2.05, 4.69) is 5.10 Å². The Morgan fingerprint density at radius 2 is 1.54 bits per heavy atom. The third-order valence-electron chi connectivity index (χ3n) is 5.53. The molecule has 0 atom stereocenters. The highest BCUT2D eigenvalue weighted by Gasteiger charge is 2.20. The van der Waals surface area contributed by atoms with E-state index in [4.69, 9.17) is 4.99 Å². The molecule has 4 nitrogen and oxygen atoms in total. The third-order valence-corrected chi connectivity index (χ3v) is 5.53. The number of hydrogen-bond donors (Lipinski definition) is 1. The van der Waals surface area contributed by atoms with E-state index in [0.717, 1.165) is 35.5 Å². The van der Waals surface area contributed by atoms with E-state index in [1.165, 1.54) is 25.7 Å². The highest BCUT2D eigenvalue weighted by molar-refractivity contribution is 6.03. The highest BCUT2D eigenvalue weighted by atomic mass is 16.1. The summed E-state index contributed by atoms with van der Waals surface area (Å²) in [7, 11) is 0. The van der Waals surface area contributed by atoms with Crippen LogP contribution in [-0.2, 0) is 0 Å². The van der Waals surface area contributed by atoms with Crippen molar-refractivity contribution in [1.82, 2.24) is 9.78 Å². The Hall–Kier alpha value is -2.88. The van der Waals surface area contributed by atoms with Gasteiger partial charge in [-0.15, -0.1) is 0 Å². The number of aromatic nitrogens is 2. The van der Waals surface area contributed by atoms with Crippen molar-refractivity contribution in [3.8, 4) is 16.9 Å². The molecule has 1 aliphatic carbocycles. The minimum atomic E-state index is -0.0417. The zero-order valence-corrected chi connectivity index (χ0v) is 16.4. The molecule has 0 bridgehead atoms. The second-order valence-corrected chi connectivity index (χ2v) is 7.56. The van der Waals surface area contributed by atoms with E-state index in [1.54, 1.807) is 4.68 Å². The molecular formula is C24H27N3O. The van der Waals surface area contributed by atoms with Crippen LogP contribution in [0.25, 0.3) is 16.9 Å². The first-order valence-electron chi connectivity index (χ1n) is 10.2. The van der Waals surface area contributed by atoms with Gasteiger partial charge in [0.2, 0.25) is 0 Å². The average molecular weight is 374 g/mol. The number of aliphatic imine (C=N–C) groups is 1. The second-order valence-electron chi connectivity index (χ2n) is 7.56. The molecule has 0 aliphatic heterocycles. The molecule has 28 heavy (non-hydrogen) atoms. The van der Waals surface area contributed by atoms with Crippen molar-refractivity contribution in [2.24, 2.45) is 4.99 Å². The predicted octanol–water partition coefficient (Wildman–Crippen LogP) is 5.36. The van der Waals surface area contributed by atoms with Crippen LogP contribution in [0.15, 0.2) is 70.5 Å². The fourth-order valence-electron chi connectivity index (χ4n) is 4.07. The quantitative estimate of drug-likeness (QED) is 0.485. The third kappa shape index (κ3) is 3.86. The number of aromatic amines is 1. The SMILES string of the molecule is CC(=NC1CCCCCC1)c1c(-c2ccccc2)[nH]n(-c2ccccc2)c1=O. The minimum Gasteiger partial charge on any atom is -0.290 e. The normalized spacial score (nSPS) is 16.1. The summed E-state index contributed by atoms with van der Waals surface area (Å²) in [4.78, 5) is 18.4. The molecule has 1 aliphatic rings. The summed E-state index contributed by atoms with van der Waals surface area (Å²) in [5.41, 5.74) is 4.14. The number of nitrogens with zero attached hydrogens (tertiary/aromatic N) is 2. The van der Waals surface area contributed by atoms with Crippen molar-refractivity contribution < 1.29 is 0 Å². The van der Waals surface area contributed by atoms with Crippen LogP contribution in [0.5, 0.6) is 0 Å². The Balaban J connectivity index is 1.82. The maximum absolute atomic E-state index is 13.4. The monoisotopic (exact) mass is 373 g/mol. The summed E-state index contributed by atoms with van der Waals surface area (Å²) in [6.07, 6.45) is 7.30. The molecule has 2 aromatic carbocycles. The lowest BCUT2D eigenvalue weighted by molar-refractivity contribution is 0.586. The molecule has 3 aromatic rings. The highest BCUT2D eigenvalue weighted by Crippen LogP contribution is 2.24. The van der Waals surface area contributed by atoms with Crippen molar-refractivity contribution in [2.75, 3.05) is 0 Å². The van der Waals surface area contributed by atoms with E-state index in [1.807, 2.05) is 67.6 Å². The van der Waals surface area contributed by atoms with Gasteiger partial charge in [-0.2, -0.15) is 0 Å². The molecule has 144 valence electrons. The van der Waals surface area contributed by atoms with E-state index in [-0.39, 0.29) is 5.56 Å². The number of rotatable bonds is 4. The van der Waals surface area contributed by atoms with Crippen LogP contribution >= 0.6 is 0 Å². The molecule has 4 rings (SSSR count). The lowest BCUT2D eigenvalue weighted by atomic mass is 10.0. The van der Waals surface area contributed by atoms with Crippen LogP contribution in [0.2, 0.25) is 0 Å². The number of hydrogen-bond acceptors (Lipinski definition) is 2. The molecule has 0 radical (unpaired) electrons. The van der Waals surface area contributed by atoms with Crippen molar-refractivity contribution in [3.05, 3.63) is 76.6 Å². The van der Waals surface area contributed by atoms with Gasteiger partial charge in [0, 0.05) is 11.3 Å². The molecule has 4 heteroatoms. The van der Waals surface area contributed by atoms with Crippen LogP contribution in [0.1, 0.15) is 51.0 Å². The van der Waals surface area contributed by atoms with Crippen LogP contribution in [0.4, 0.5) is 0 Å². The summed E-state index contributed by atoms with van der Waals surface area (Å²) < 4.78 is 1.63. The first kappa shape index (κ1) is 18.5. The smallest absolute Gasteiger partial charge is 0.280 e. The van der Waals surface area contributed by atoms with Crippen LogP contribution < -0.4 is 5.56 Å². The molecule has 0 saturated heterocycles. The van der Waals surface area contributed by atoms with Gasteiger partial charge in [-0.25, -0.2) is 4.68 Å². The van der Waals surface area contributed by atoms with Crippen LogP contribution in [0, 0.1) is 0 Å². The Labute approximate surface area is 165 Å². The number of benzene rings is 2. The summed E-state index contributed by atoms with van der Waals surface area (Å²) in [6, 6.07) is 20.1. The molecule has 0 spiro atoms. The van der Waals surface area contributed by atoms with E-state index in [0.29, 0.717) is 11.6 Å². The van der Waals surface area contributed by atoms with E-state index in [9.17, 15) is 4.79 Å². The molecule has 1 aromatic heterocycles. The van der Waals surface area contributed by atoms with Gasteiger partial charge in [0.05, 0.1) is 23.0 Å². The lowest BCUT2D eigenvalue weighted by Gasteiger charge is -2.10. The summed E-state index contributed by atoms with van der Waals surface area (Å²) >= 11 is 0. The second kappa shape index (κ2) is 8.42. The molecule has 0 unspecified atom stereocenters.